The molecule has 164 valence electrons. The molecule has 5 rings (SSSR count). The molecule has 3 aliphatic rings. The second kappa shape index (κ2) is 9.32. The fourth-order valence-electron chi connectivity index (χ4n) is 5.47. The van der Waals surface area contributed by atoms with Gasteiger partial charge in [-0.25, -0.2) is 0 Å². The lowest BCUT2D eigenvalue weighted by Crippen LogP contribution is -2.35. The van der Waals surface area contributed by atoms with Crippen molar-refractivity contribution >= 4 is 10.9 Å². The summed E-state index contributed by atoms with van der Waals surface area (Å²) in [7, 11) is 0. The molecule has 30 heavy (non-hydrogen) atoms. The summed E-state index contributed by atoms with van der Waals surface area (Å²) in [5.74, 6) is 2.83. The highest BCUT2D eigenvalue weighted by Crippen LogP contribution is 2.34. The van der Waals surface area contributed by atoms with Gasteiger partial charge in [0.25, 0.3) is 0 Å². The average Bonchev–Trinajstić information content (AvgIpc) is 3.30. The van der Waals surface area contributed by atoms with Crippen molar-refractivity contribution in [3.63, 3.8) is 0 Å². The van der Waals surface area contributed by atoms with Gasteiger partial charge in [0.15, 0.2) is 0 Å². The maximum Gasteiger partial charge on any atom is 0.120 e. The van der Waals surface area contributed by atoms with Gasteiger partial charge in [-0.05, 0) is 74.1 Å². The molecule has 1 aromatic heterocycles. The minimum Gasteiger partial charge on any atom is -0.494 e. The summed E-state index contributed by atoms with van der Waals surface area (Å²) in [6, 6.07) is 6.72. The van der Waals surface area contributed by atoms with E-state index in [9.17, 15) is 5.11 Å². The minimum absolute atomic E-state index is 0.110. The van der Waals surface area contributed by atoms with Gasteiger partial charge in [-0.1, -0.05) is 25.7 Å². The number of likely N-dealkylation sites (tertiary alicyclic amines) is 1. The third-order valence-corrected chi connectivity index (χ3v) is 7.54. The summed E-state index contributed by atoms with van der Waals surface area (Å²) in [4.78, 5) is 2.50. The van der Waals surface area contributed by atoms with E-state index in [2.05, 4.69) is 33.9 Å². The molecule has 2 aromatic rings. The number of hydrogen-bond donors (Lipinski definition) is 1. The Morgan fingerprint density at radius 2 is 1.77 bits per heavy atom. The van der Waals surface area contributed by atoms with Crippen LogP contribution < -0.4 is 4.74 Å². The predicted octanol–water partition coefficient (Wildman–Crippen LogP) is 5.36. The monoisotopic (exact) mass is 410 g/mol. The molecular weight excluding hydrogens is 372 g/mol. The zero-order valence-electron chi connectivity index (χ0n) is 18.4. The van der Waals surface area contributed by atoms with E-state index in [0.29, 0.717) is 0 Å². The number of piperidine rings is 1. The molecule has 4 nitrogen and oxygen atoms in total. The Morgan fingerprint density at radius 1 is 0.967 bits per heavy atom. The van der Waals surface area contributed by atoms with Crippen molar-refractivity contribution in [2.24, 2.45) is 11.8 Å². The normalized spacial score (nSPS) is 21.6. The summed E-state index contributed by atoms with van der Waals surface area (Å²) in [5, 5.41) is 11.2. The van der Waals surface area contributed by atoms with Crippen molar-refractivity contribution < 1.29 is 9.84 Å². The summed E-state index contributed by atoms with van der Waals surface area (Å²) < 4.78 is 8.66. The number of benzene rings is 1. The van der Waals surface area contributed by atoms with Crippen LogP contribution in [0.3, 0.4) is 0 Å². The standard InChI is InChI=1S/C26H38N2O2/c29-23-11-13-27(14-12-23)18-22-19-28(17-21-7-8-21)26-10-9-24(16-25(22)26)30-15-3-6-20-4-1-2-5-20/h9-10,16,19-21,23,29H,1-8,11-15,17-18H2. The molecule has 2 saturated carbocycles. The van der Waals surface area contributed by atoms with Crippen LogP contribution in [0.2, 0.25) is 0 Å². The number of ether oxygens (including phenoxy) is 1. The van der Waals surface area contributed by atoms with Crippen LogP contribution in [0, 0.1) is 11.8 Å². The third-order valence-electron chi connectivity index (χ3n) is 7.54. The molecule has 1 saturated heterocycles. The Balaban J connectivity index is 1.27. The lowest BCUT2D eigenvalue weighted by Gasteiger charge is -2.29. The first kappa shape index (κ1) is 20.4. The van der Waals surface area contributed by atoms with Gasteiger partial charge >= 0.3 is 0 Å². The average molecular weight is 411 g/mol. The molecule has 0 spiro atoms. The van der Waals surface area contributed by atoms with E-state index in [1.165, 1.54) is 67.8 Å². The van der Waals surface area contributed by atoms with E-state index < -0.39 is 0 Å². The highest BCUT2D eigenvalue weighted by molar-refractivity contribution is 5.85. The Labute approximate surface area is 181 Å². The van der Waals surface area contributed by atoms with Crippen molar-refractivity contribution in [3.8, 4) is 5.75 Å². The largest absolute Gasteiger partial charge is 0.494 e. The second-order valence-electron chi connectivity index (χ2n) is 10.1. The van der Waals surface area contributed by atoms with E-state index in [-0.39, 0.29) is 6.10 Å². The molecule has 0 radical (unpaired) electrons. The van der Waals surface area contributed by atoms with Crippen LogP contribution in [-0.2, 0) is 13.1 Å². The van der Waals surface area contributed by atoms with Crippen LogP contribution in [-0.4, -0.2) is 40.4 Å². The van der Waals surface area contributed by atoms with Gasteiger partial charge in [0.2, 0.25) is 0 Å². The number of nitrogens with zero attached hydrogens (tertiary/aromatic N) is 2. The molecule has 0 unspecified atom stereocenters. The zero-order valence-corrected chi connectivity index (χ0v) is 18.4. The molecule has 1 aromatic carbocycles. The fourth-order valence-corrected chi connectivity index (χ4v) is 5.47. The van der Waals surface area contributed by atoms with Crippen molar-refractivity contribution in [2.75, 3.05) is 19.7 Å². The minimum atomic E-state index is -0.110. The molecule has 2 aliphatic carbocycles. The molecule has 0 amide bonds. The molecule has 0 bridgehead atoms. The van der Waals surface area contributed by atoms with Gasteiger partial charge in [-0.2, -0.15) is 0 Å². The fraction of sp³-hybridized carbons (Fsp3) is 0.692. The molecule has 1 aliphatic heterocycles. The van der Waals surface area contributed by atoms with E-state index in [0.717, 1.165) is 63.2 Å². The summed E-state index contributed by atoms with van der Waals surface area (Å²) >= 11 is 0. The van der Waals surface area contributed by atoms with Crippen LogP contribution in [0.25, 0.3) is 10.9 Å². The molecular formula is C26H38N2O2. The third kappa shape index (κ3) is 5.03. The van der Waals surface area contributed by atoms with Crippen molar-refractivity contribution in [1.29, 1.82) is 0 Å². The molecule has 3 fully saturated rings. The Morgan fingerprint density at radius 3 is 2.53 bits per heavy atom. The van der Waals surface area contributed by atoms with Crippen molar-refractivity contribution in [1.82, 2.24) is 9.47 Å². The lowest BCUT2D eigenvalue weighted by molar-refractivity contribution is 0.0794. The van der Waals surface area contributed by atoms with E-state index >= 15 is 0 Å². The van der Waals surface area contributed by atoms with Gasteiger partial charge in [0, 0.05) is 43.3 Å². The quantitative estimate of drug-likeness (QED) is 0.566. The van der Waals surface area contributed by atoms with E-state index in [1.807, 2.05) is 0 Å². The molecule has 2 heterocycles. The van der Waals surface area contributed by atoms with Gasteiger partial charge in [-0.3, -0.25) is 4.90 Å². The van der Waals surface area contributed by atoms with Crippen LogP contribution in [0.15, 0.2) is 24.4 Å². The van der Waals surface area contributed by atoms with Crippen molar-refractivity contribution in [2.45, 2.75) is 83.4 Å². The number of aromatic nitrogens is 1. The Hall–Kier alpha value is -1.52. The summed E-state index contributed by atoms with van der Waals surface area (Å²) in [5.41, 5.74) is 2.77. The van der Waals surface area contributed by atoms with Crippen LogP contribution in [0.4, 0.5) is 0 Å². The molecule has 0 atom stereocenters. The maximum absolute atomic E-state index is 9.84. The molecule has 1 N–H and O–H groups in total. The van der Waals surface area contributed by atoms with Crippen LogP contribution in [0.5, 0.6) is 5.75 Å². The summed E-state index contributed by atoms with van der Waals surface area (Å²) in [6.07, 6.45) is 15.0. The van der Waals surface area contributed by atoms with Crippen molar-refractivity contribution in [3.05, 3.63) is 30.0 Å². The number of aliphatic hydroxyl groups is 1. The van der Waals surface area contributed by atoms with E-state index in [4.69, 9.17) is 4.74 Å². The highest BCUT2D eigenvalue weighted by Gasteiger charge is 2.24. The number of aliphatic hydroxyl groups excluding tert-OH is 1. The first-order valence-corrected chi connectivity index (χ1v) is 12.4. The van der Waals surface area contributed by atoms with Gasteiger partial charge in [0.05, 0.1) is 12.7 Å². The Kier molecular flexibility index (Phi) is 6.33. The topological polar surface area (TPSA) is 37.6 Å². The lowest BCUT2D eigenvalue weighted by atomic mass is 10.0. The number of rotatable bonds is 9. The predicted molar refractivity (Wildman–Crippen MR) is 122 cm³/mol. The van der Waals surface area contributed by atoms with Gasteiger partial charge < -0.3 is 14.4 Å². The second-order valence-corrected chi connectivity index (χ2v) is 10.1. The smallest absolute Gasteiger partial charge is 0.120 e. The zero-order chi connectivity index (χ0) is 20.3. The SMILES string of the molecule is OC1CCN(Cc2cn(CC3CC3)c3ccc(OCCCC4CCCC4)cc23)CC1. The molecule has 4 heteroatoms. The Bertz CT molecular complexity index is 827. The van der Waals surface area contributed by atoms with Crippen LogP contribution >= 0.6 is 0 Å². The first-order valence-electron chi connectivity index (χ1n) is 12.4. The highest BCUT2D eigenvalue weighted by atomic mass is 16.5. The number of hydrogen-bond acceptors (Lipinski definition) is 3. The number of fused-ring (bicyclic) bond motifs is 1. The maximum atomic E-state index is 9.84. The van der Waals surface area contributed by atoms with Crippen LogP contribution in [0.1, 0.15) is 69.8 Å². The summed E-state index contributed by atoms with van der Waals surface area (Å²) in [6.45, 7) is 4.95. The van der Waals surface area contributed by atoms with E-state index in [1.54, 1.807) is 0 Å². The van der Waals surface area contributed by atoms with Gasteiger partial charge in [-0.15, -0.1) is 0 Å². The first-order chi connectivity index (χ1) is 14.7. The van der Waals surface area contributed by atoms with Gasteiger partial charge in [0.1, 0.15) is 5.75 Å².